The summed E-state index contributed by atoms with van der Waals surface area (Å²) in [6.45, 7) is 2.49. The summed E-state index contributed by atoms with van der Waals surface area (Å²) in [6.07, 6.45) is 8.07. The highest BCUT2D eigenvalue weighted by molar-refractivity contribution is 5.43. The topological polar surface area (TPSA) is 35.2 Å². The third-order valence-corrected chi connectivity index (χ3v) is 3.61. The lowest BCUT2D eigenvalue weighted by molar-refractivity contribution is 0.182. The fourth-order valence-corrected chi connectivity index (χ4v) is 2.55. The molecule has 0 aromatic heterocycles. The first-order chi connectivity index (χ1) is 9.29. The van der Waals surface area contributed by atoms with Gasteiger partial charge in [-0.15, -0.1) is 0 Å². The smallest absolute Gasteiger partial charge is 0.122 e. The zero-order valence-corrected chi connectivity index (χ0v) is 11.7. The highest BCUT2D eigenvalue weighted by Crippen LogP contribution is 2.25. The fourth-order valence-electron chi connectivity index (χ4n) is 2.55. The Morgan fingerprint density at radius 3 is 2.58 bits per heavy atom. The Morgan fingerprint density at radius 2 is 1.95 bits per heavy atom. The highest BCUT2D eigenvalue weighted by Gasteiger charge is 2.14. The number of aryl methyl sites for hydroxylation is 1. The number of hydrogen-bond acceptors (Lipinski definition) is 2. The SMILES string of the molecule is Cc1cc(C#CCN)ccc1OC1CCCCCC1. The van der Waals surface area contributed by atoms with Crippen LogP contribution in [-0.4, -0.2) is 12.6 Å². The molecular formula is C17H23NO. The van der Waals surface area contributed by atoms with E-state index in [1.54, 1.807) is 0 Å². The maximum Gasteiger partial charge on any atom is 0.122 e. The van der Waals surface area contributed by atoms with Crippen LogP contribution in [-0.2, 0) is 0 Å². The minimum Gasteiger partial charge on any atom is -0.490 e. The minimum atomic E-state index is 0.391. The van der Waals surface area contributed by atoms with Gasteiger partial charge < -0.3 is 10.5 Å². The summed E-state index contributed by atoms with van der Waals surface area (Å²) in [4.78, 5) is 0. The lowest BCUT2D eigenvalue weighted by atomic mass is 10.1. The first kappa shape index (κ1) is 14.0. The maximum absolute atomic E-state index is 6.15. The maximum atomic E-state index is 6.15. The van der Waals surface area contributed by atoms with Gasteiger partial charge in [-0.25, -0.2) is 0 Å². The van der Waals surface area contributed by atoms with Crippen LogP contribution in [0.2, 0.25) is 0 Å². The summed E-state index contributed by atoms with van der Waals surface area (Å²) in [7, 11) is 0. The molecule has 0 spiro atoms. The number of ether oxygens (including phenoxy) is 1. The van der Waals surface area contributed by atoms with Gasteiger partial charge in [-0.2, -0.15) is 0 Å². The summed E-state index contributed by atoms with van der Waals surface area (Å²) in [6, 6.07) is 6.14. The largest absolute Gasteiger partial charge is 0.490 e. The Bertz CT molecular complexity index is 462. The second-order valence-electron chi connectivity index (χ2n) is 5.22. The molecule has 0 heterocycles. The molecule has 1 aromatic carbocycles. The van der Waals surface area contributed by atoms with Crippen molar-refractivity contribution in [1.29, 1.82) is 0 Å². The van der Waals surface area contributed by atoms with E-state index in [9.17, 15) is 0 Å². The Morgan fingerprint density at radius 1 is 1.21 bits per heavy atom. The van der Waals surface area contributed by atoms with Crippen molar-refractivity contribution in [2.24, 2.45) is 5.73 Å². The van der Waals surface area contributed by atoms with Crippen molar-refractivity contribution in [3.63, 3.8) is 0 Å². The van der Waals surface area contributed by atoms with Gasteiger partial charge in [-0.05, 0) is 56.4 Å². The van der Waals surface area contributed by atoms with Gasteiger partial charge >= 0.3 is 0 Å². The number of hydrogen-bond donors (Lipinski definition) is 1. The second kappa shape index (κ2) is 7.21. The van der Waals surface area contributed by atoms with E-state index in [0.717, 1.165) is 16.9 Å². The van der Waals surface area contributed by atoms with Gasteiger partial charge in [0.25, 0.3) is 0 Å². The molecule has 1 aromatic rings. The van der Waals surface area contributed by atoms with Crippen molar-refractivity contribution in [3.05, 3.63) is 29.3 Å². The molecule has 0 saturated heterocycles. The molecule has 1 aliphatic carbocycles. The molecule has 2 N–H and O–H groups in total. The van der Waals surface area contributed by atoms with Gasteiger partial charge in [0.2, 0.25) is 0 Å². The van der Waals surface area contributed by atoms with Crippen molar-refractivity contribution in [2.75, 3.05) is 6.54 Å². The van der Waals surface area contributed by atoms with E-state index in [-0.39, 0.29) is 0 Å². The molecule has 1 saturated carbocycles. The summed E-state index contributed by atoms with van der Waals surface area (Å²) >= 11 is 0. The molecule has 2 heteroatoms. The summed E-state index contributed by atoms with van der Waals surface area (Å²) in [5.41, 5.74) is 7.56. The lowest BCUT2D eigenvalue weighted by Gasteiger charge is -2.18. The standard InChI is InChI=1S/C17H23NO/c1-14-13-15(7-6-12-18)10-11-17(14)19-16-8-4-2-3-5-9-16/h10-11,13,16H,2-5,8-9,12,18H2,1H3. The number of benzene rings is 1. The average molecular weight is 257 g/mol. The number of nitrogens with two attached hydrogens (primary N) is 1. The van der Waals surface area contributed by atoms with Crippen LogP contribution in [0.25, 0.3) is 0 Å². The molecule has 0 amide bonds. The molecule has 2 nitrogen and oxygen atoms in total. The van der Waals surface area contributed by atoms with E-state index >= 15 is 0 Å². The van der Waals surface area contributed by atoms with E-state index in [2.05, 4.69) is 24.8 Å². The summed E-state index contributed by atoms with van der Waals surface area (Å²) in [5, 5.41) is 0. The highest BCUT2D eigenvalue weighted by atomic mass is 16.5. The lowest BCUT2D eigenvalue weighted by Crippen LogP contribution is -2.15. The van der Waals surface area contributed by atoms with Crippen LogP contribution in [0.5, 0.6) is 5.75 Å². The molecule has 0 aliphatic heterocycles. The quantitative estimate of drug-likeness (QED) is 0.651. The predicted octanol–water partition coefficient (Wildman–Crippen LogP) is 3.41. The third-order valence-electron chi connectivity index (χ3n) is 3.61. The first-order valence-corrected chi connectivity index (χ1v) is 7.26. The Hall–Kier alpha value is -1.46. The summed E-state index contributed by atoms with van der Waals surface area (Å²) in [5.74, 6) is 6.94. The Kier molecular flexibility index (Phi) is 5.30. The zero-order valence-electron chi connectivity index (χ0n) is 11.7. The van der Waals surface area contributed by atoms with E-state index in [4.69, 9.17) is 10.5 Å². The van der Waals surface area contributed by atoms with Crippen LogP contribution >= 0.6 is 0 Å². The van der Waals surface area contributed by atoms with Crippen LogP contribution in [0.4, 0.5) is 0 Å². The Labute approximate surface area is 116 Å². The van der Waals surface area contributed by atoms with Crippen LogP contribution in [0.15, 0.2) is 18.2 Å². The number of rotatable bonds is 2. The molecule has 0 unspecified atom stereocenters. The molecule has 1 fully saturated rings. The molecule has 0 atom stereocenters. The van der Waals surface area contributed by atoms with Gasteiger partial charge in [-0.3, -0.25) is 0 Å². The van der Waals surface area contributed by atoms with Crippen LogP contribution in [0.3, 0.4) is 0 Å². The van der Waals surface area contributed by atoms with Crippen LogP contribution in [0, 0.1) is 18.8 Å². The zero-order chi connectivity index (χ0) is 13.5. The Balaban J connectivity index is 2.03. The van der Waals surface area contributed by atoms with E-state index in [0.29, 0.717) is 12.6 Å². The minimum absolute atomic E-state index is 0.391. The summed E-state index contributed by atoms with van der Waals surface area (Å²) < 4.78 is 6.15. The first-order valence-electron chi connectivity index (χ1n) is 7.26. The molecule has 2 rings (SSSR count). The molecule has 0 radical (unpaired) electrons. The monoisotopic (exact) mass is 257 g/mol. The second-order valence-corrected chi connectivity index (χ2v) is 5.22. The van der Waals surface area contributed by atoms with Gasteiger partial charge in [0, 0.05) is 5.56 Å². The van der Waals surface area contributed by atoms with Gasteiger partial charge in [-0.1, -0.05) is 24.7 Å². The molecule has 102 valence electrons. The van der Waals surface area contributed by atoms with Crippen LogP contribution in [0.1, 0.15) is 49.7 Å². The van der Waals surface area contributed by atoms with Gasteiger partial charge in [0.05, 0.1) is 12.6 Å². The third kappa shape index (κ3) is 4.29. The molecule has 19 heavy (non-hydrogen) atoms. The fraction of sp³-hybridized carbons (Fsp3) is 0.529. The predicted molar refractivity (Wildman–Crippen MR) is 79.2 cm³/mol. The van der Waals surface area contributed by atoms with Crippen molar-refractivity contribution in [1.82, 2.24) is 0 Å². The van der Waals surface area contributed by atoms with Crippen molar-refractivity contribution in [3.8, 4) is 17.6 Å². The normalized spacial score (nSPS) is 16.3. The van der Waals surface area contributed by atoms with E-state index < -0.39 is 0 Å². The molecule has 1 aliphatic rings. The van der Waals surface area contributed by atoms with Crippen molar-refractivity contribution in [2.45, 2.75) is 51.6 Å². The van der Waals surface area contributed by atoms with E-state index in [1.165, 1.54) is 38.5 Å². The molecule has 0 bridgehead atoms. The average Bonchev–Trinajstić information content (AvgIpc) is 2.68. The van der Waals surface area contributed by atoms with Crippen molar-refractivity contribution < 1.29 is 4.74 Å². The van der Waals surface area contributed by atoms with E-state index in [1.807, 2.05) is 12.1 Å². The van der Waals surface area contributed by atoms with Gasteiger partial charge in [0.1, 0.15) is 5.75 Å². The van der Waals surface area contributed by atoms with Crippen molar-refractivity contribution >= 4 is 0 Å². The van der Waals surface area contributed by atoms with Gasteiger partial charge in [0.15, 0.2) is 0 Å². The van der Waals surface area contributed by atoms with Crippen LogP contribution < -0.4 is 10.5 Å². The molecular weight excluding hydrogens is 234 g/mol.